The number of carbonyl (C=O) groups is 3. The number of aromatic hydroxyl groups is 1. The summed E-state index contributed by atoms with van der Waals surface area (Å²) >= 11 is 0. The van der Waals surface area contributed by atoms with Gasteiger partial charge >= 0.3 is 12.0 Å². The highest BCUT2D eigenvalue weighted by atomic mass is 16.6. The van der Waals surface area contributed by atoms with Gasteiger partial charge in [-0.2, -0.15) is 4.98 Å². The second kappa shape index (κ2) is 11.5. The third kappa shape index (κ3) is 6.20. The maximum Gasteiger partial charge on any atom is 0.415 e. The third-order valence-electron chi connectivity index (χ3n) is 5.29. The number of esters is 1. The molecule has 2 atom stereocenters. The zero-order chi connectivity index (χ0) is 26.4. The van der Waals surface area contributed by atoms with E-state index in [4.69, 9.17) is 14.2 Å². The minimum Gasteiger partial charge on any atom is -0.482 e. The molecule has 2 amide bonds. The number of carbonyl (C=O) groups excluding carboxylic acids is 3. The van der Waals surface area contributed by atoms with E-state index >= 15 is 0 Å². The molecule has 194 valence electrons. The van der Waals surface area contributed by atoms with Gasteiger partial charge < -0.3 is 34.6 Å². The predicted octanol–water partition coefficient (Wildman–Crippen LogP) is 1.12. The van der Waals surface area contributed by atoms with Crippen LogP contribution in [0.5, 0.6) is 11.8 Å². The molecule has 2 heterocycles. The molecule has 1 aliphatic heterocycles. The molecular formula is C24H24N4O9. The molecule has 3 N–H and O–H groups in total. The van der Waals surface area contributed by atoms with Gasteiger partial charge in [-0.3, -0.25) is 14.1 Å². The van der Waals surface area contributed by atoms with Gasteiger partial charge in [0, 0.05) is 29.5 Å². The van der Waals surface area contributed by atoms with E-state index in [1.807, 2.05) is 0 Å². The average molecular weight is 512 g/mol. The summed E-state index contributed by atoms with van der Waals surface area (Å²) in [5.74, 6) is -1.46. The minimum atomic E-state index is -1.78. The maximum atomic E-state index is 13.1. The van der Waals surface area contributed by atoms with Crippen molar-refractivity contribution >= 4 is 29.2 Å². The summed E-state index contributed by atoms with van der Waals surface area (Å²) in [5, 5.41) is 25.9. The van der Waals surface area contributed by atoms with Gasteiger partial charge in [-0.1, -0.05) is 11.2 Å². The zero-order valence-corrected chi connectivity index (χ0v) is 19.7. The first-order chi connectivity index (χ1) is 17.9. The van der Waals surface area contributed by atoms with Crippen molar-refractivity contribution in [1.29, 1.82) is 0 Å². The Hall–Kier alpha value is -4.49. The van der Waals surface area contributed by atoms with E-state index in [2.05, 4.69) is 20.0 Å². The largest absolute Gasteiger partial charge is 0.482 e. The van der Waals surface area contributed by atoms with Crippen LogP contribution in [-0.4, -0.2) is 76.7 Å². The number of hydrogen-bond acceptors (Lipinski definition) is 11. The van der Waals surface area contributed by atoms with Crippen molar-refractivity contribution in [2.75, 3.05) is 36.6 Å². The second-order valence-electron chi connectivity index (χ2n) is 7.78. The molecule has 0 aliphatic carbocycles. The lowest BCUT2D eigenvalue weighted by Gasteiger charge is -2.34. The lowest BCUT2D eigenvalue weighted by Crippen LogP contribution is -2.55. The van der Waals surface area contributed by atoms with E-state index in [0.717, 1.165) is 0 Å². The number of nitrogens with zero attached hydrogens (tertiary/aromatic N) is 3. The molecule has 1 aromatic heterocycles. The quantitative estimate of drug-likeness (QED) is 0.351. The van der Waals surface area contributed by atoms with Crippen LogP contribution >= 0.6 is 0 Å². The molecular weight excluding hydrogens is 488 g/mol. The Bertz CT molecular complexity index is 1260. The SMILES string of the molecule is CCOC(=O)COc1cccc(N2CCOC(C(O)C(=O)Nc3ccc(-c4noc(O)n4)cc3)C2=O)c1. The van der Waals surface area contributed by atoms with Gasteiger partial charge in [0.15, 0.2) is 18.8 Å². The monoisotopic (exact) mass is 512 g/mol. The fourth-order valence-corrected chi connectivity index (χ4v) is 3.56. The Balaban J connectivity index is 1.39. The number of nitrogens with one attached hydrogen (secondary N) is 1. The molecule has 0 bridgehead atoms. The van der Waals surface area contributed by atoms with Crippen LogP contribution in [0.25, 0.3) is 11.4 Å². The molecule has 2 unspecified atom stereocenters. The zero-order valence-electron chi connectivity index (χ0n) is 19.7. The van der Waals surface area contributed by atoms with Crippen molar-refractivity contribution in [3.8, 4) is 23.2 Å². The van der Waals surface area contributed by atoms with Crippen LogP contribution in [-0.2, 0) is 23.9 Å². The van der Waals surface area contributed by atoms with Gasteiger partial charge in [0.05, 0.1) is 13.2 Å². The number of amides is 2. The molecule has 1 saturated heterocycles. The fraction of sp³-hybridized carbons (Fsp3) is 0.292. The van der Waals surface area contributed by atoms with Crippen LogP contribution in [0.2, 0.25) is 0 Å². The summed E-state index contributed by atoms with van der Waals surface area (Å²) in [5.41, 5.74) is 1.32. The standard InChI is InChI=1S/C24H24N4O9/c1-2-34-18(29)13-36-17-5-3-4-16(12-17)28-10-11-35-20(23(28)32)19(30)22(31)25-15-8-6-14(7-9-15)21-26-24(33)37-27-21/h3-9,12,19-20,30H,2,10-11,13H2,1H3,(H,25,31)(H,26,27,33). The first-order valence-electron chi connectivity index (χ1n) is 11.3. The molecule has 0 saturated carbocycles. The normalized spacial score (nSPS) is 16.2. The van der Waals surface area contributed by atoms with Crippen LogP contribution in [0.4, 0.5) is 11.4 Å². The number of hydrogen-bond donors (Lipinski definition) is 3. The summed E-state index contributed by atoms with van der Waals surface area (Å²) in [6, 6.07) is 12.7. The molecule has 0 radical (unpaired) electrons. The van der Waals surface area contributed by atoms with Crippen molar-refractivity contribution < 1.29 is 43.3 Å². The molecule has 3 aromatic rings. The van der Waals surface area contributed by atoms with Crippen LogP contribution in [0.1, 0.15) is 6.92 Å². The highest BCUT2D eigenvalue weighted by Gasteiger charge is 2.39. The smallest absolute Gasteiger partial charge is 0.415 e. The molecule has 13 nitrogen and oxygen atoms in total. The summed E-state index contributed by atoms with van der Waals surface area (Å²) < 4.78 is 20.2. The molecule has 13 heteroatoms. The molecule has 2 aromatic carbocycles. The van der Waals surface area contributed by atoms with Crippen molar-refractivity contribution in [2.24, 2.45) is 0 Å². The Morgan fingerprint density at radius 3 is 2.73 bits per heavy atom. The highest BCUT2D eigenvalue weighted by Crippen LogP contribution is 2.25. The molecule has 4 rings (SSSR count). The van der Waals surface area contributed by atoms with Gasteiger partial charge in [0.25, 0.3) is 11.8 Å². The van der Waals surface area contributed by atoms with Gasteiger partial charge in [0.2, 0.25) is 5.82 Å². The molecule has 1 fully saturated rings. The van der Waals surface area contributed by atoms with Gasteiger partial charge in [-0.05, 0) is 43.3 Å². The number of ether oxygens (including phenoxy) is 3. The van der Waals surface area contributed by atoms with Crippen LogP contribution in [0, 0.1) is 0 Å². The number of benzene rings is 2. The first kappa shape index (κ1) is 25.6. The van der Waals surface area contributed by atoms with Crippen molar-refractivity contribution in [3.05, 3.63) is 48.5 Å². The summed E-state index contributed by atoms with van der Waals surface area (Å²) in [6.07, 6.45) is -3.79. The minimum absolute atomic E-state index is 0.0842. The Labute approximate surface area is 210 Å². The average Bonchev–Trinajstić information content (AvgIpc) is 3.34. The Kier molecular flexibility index (Phi) is 7.95. The molecule has 37 heavy (non-hydrogen) atoms. The highest BCUT2D eigenvalue weighted by molar-refractivity contribution is 6.03. The van der Waals surface area contributed by atoms with E-state index in [-0.39, 0.29) is 32.2 Å². The van der Waals surface area contributed by atoms with Crippen molar-refractivity contribution in [3.63, 3.8) is 0 Å². The number of aromatic nitrogens is 2. The number of anilines is 2. The fourth-order valence-electron chi connectivity index (χ4n) is 3.56. The van der Waals surface area contributed by atoms with Crippen LogP contribution < -0.4 is 15.0 Å². The lowest BCUT2D eigenvalue weighted by atomic mass is 10.1. The molecule has 1 aliphatic rings. The Morgan fingerprint density at radius 2 is 2.03 bits per heavy atom. The van der Waals surface area contributed by atoms with E-state index in [9.17, 15) is 24.6 Å². The predicted molar refractivity (Wildman–Crippen MR) is 127 cm³/mol. The number of aliphatic hydroxyl groups is 1. The lowest BCUT2D eigenvalue weighted by molar-refractivity contribution is -0.150. The third-order valence-corrected chi connectivity index (χ3v) is 5.29. The van der Waals surface area contributed by atoms with Crippen LogP contribution in [0.3, 0.4) is 0 Å². The van der Waals surface area contributed by atoms with Crippen molar-refractivity contribution in [2.45, 2.75) is 19.1 Å². The molecule has 0 spiro atoms. The maximum absolute atomic E-state index is 13.1. The number of rotatable bonds is 9. The summed E-state index contributed by atoms with van der Waals surface area (Å²) in [7, 11) is 0. The first-order valence-corrected chi connectivity index (χ1v) is 11.3. The summed E-state index contributed by atoms with van der Waals surface area (Å²) in [6.45, 7) is 1.92. The van der Waals surface area contributed by atoms with E-state index < -0.39 is 36.1 Å². The van der Waals surface area contributed by atoms with Gasteiger partial charge in [-0.15, -0.1) is 0 Å². The second-order valence-corrected chi connectivity index (χ2v) is 7.78. The number of aliphatic hydroxyl groups excluding tert-OH is 1. The van der Waals surface area contributed by atoms with E-state index in [1.54, 1.807) is 43.3 Å². The van der Waals surface area contributed by atoms with Gasteiger partial charge in [0.1, 0.15) is 5.75 Å². The van der Waals surface area contributed by atoms with Crippen LogP contribution in [0.15, 0.2) is 53.1 Å². The van der Waals surface area contributed by atoms with E-state index in [0.29, 0.717) is 22.7 Å². The topological polar surface area (TPSA) is 174 Å². The Morgan fingerprint density at radius 1 is 1.24 bits per heavy atom. The van der Waals surface area contributed by atoms with E-state index in [1.165, 1.54) is 17.0 Å². The number of morpholine rings is 1. The summed E-state index contributed by atoms with van der Waals surface area (Å²) in [4.78, 5) is 42.4. The van der Waals surface area contributed by atoms with Crippen molar-refractivity contribution in [1.82, 2.24) is 10.1 Å². The van der Waals surface area contributed by atoms with Gasteiger partial charge in [-0.25, -0.2) is 4.79 Å².